The first kappa shape index (κ1) is 6.61. The number of pyridine rings is 1. The number of aliphatic hydroxyl groups excluding tert-OH is 1. The molecule has 0 aliphatic rings. The van der Waals surface area contributed by atoms with Gasteiger partial charge in [-0.15, -0.1) is 0 Å². The lowest BCUT2D eigenvalue weighted by Crippen LogP contribution is -1.90. The molecule has 1 aromatic rings. The number of aromatic nitrogens is 1. The van der Waals surface area contributed by atoms with Gasteiger partial charge >= 0.3 is 0 Å². The van der Waals surface area contributed by atoms with Crippen LogP contribution in [0.2, 0.25) is 0 Å². The molecule has 0 aromatic carbocycles. The van der Waals surface area contributed by atoms with Gasteiger partial charge in [-0.25, -0.2) is 0 Å². The van der Waals surface area contributed by atoms with E-state index in [4.69, 9.17) is 10.8 Å². The van der Waals surface area contributed by atoms with Crippen molar-refractivity contribution in [1.29, 1.82) is 0 Å². The molecule has 0 fully saturated rings. The van der Waals surface area contributed by atoms with E-state index in [0.29, 0.717) is 5.69 Å². The molecule has 3 nitrogen and oxygen atoms in total. The van der Waals surface area contributed by atoms with Crippen LogP contribution in [-0.2, 0) is 0 Å². The zero-order valence-electron chi connectivity index (χ0n) is 5.36. The van der Waals surface area contributed by atoms with Gasteiger partial charge in [0.05, 0.1) is 0 Å². The minimum atomic E-state index is 0.000556. The highest BCUT2D eigenvalue weighted by molar-refractivity contribution is 5.53. The molecule has 1 aromatic heterocycles. The minimum Gasteiger partial charge on any atom is -0.504 e. The second-order valence-electron chi connectivity index (χ2n) is 1.77. The van der Waals surface area contributed by atoms with E-state index in [9.17, 15) is 0 Å². The fourth-order valence-electron chi connectivity index (χ4n) is 0.600. The van der Waals surface area contributed by atoms with Crippen molar-refractivity contribution in [3.8, 4) is 0 Å². The third kappa shape index (κ3) is 1.25. The van der Waals surface area contributed by atoms with Crippen LogP contribution in [0.1, 0.15) is 5.69 Å². The van der Waals surface area contributed by atoms with Crippen LogP contribution in [0, 0.1) is 0 Å². The van der Waals surface area contributed by atoms with Gasteiger partial charge in [0.1, 0.15) is 5.69 Å². The normalized spacial score (nSPS) is 11.4. The molecule has 52 valence electrons. The van der Waals surface area contributed by atoms with E-state index in [1.807, 2.05) is 0 Å². The summed E-state index contributed by atoms with van der Waals surface area (Å²) in [5.74, 6) is 0.000556. The predicted octanol–water partition coefficient (Wildman–Crippen LogP) is 0.897. The van der Waals surface area contributed by atoms with Crippen LogP contribution in [0.5, 0.6) is 0 Å². The van der Waals surface area contributed by atoms with Gasteiger partial charge in [-0.3, -0.25) is 4.98 Å². The minimum absolute atomic E-state index is 0.000556. The van der Waals surface area contributed by atoms with Crippen LogP contribution in [-0.4, -0.2) is 10.1 Å². The molecular weight excluding hydrogens is 128 g/mol. The summed E-state index contributed by atoms with van der Waals surface area (Å²) in [6.45, 7) is 0. The summed E-state index contributed by atoms with van der Waals surface area (Å²) in [6.07, 6.45) is 2.71. The zero-order valence-corrected chi connectivity index (χ0v) is 5.36. The molecule has 0 bridgehead atoms. The lowest BCUT2D eigenvalue weighted by molar-refractivity contribution is 0.507. The standard InChI is InChI=1S/C7H8N2O/c8-5-7(10)6-3-1-2-4-9-6/h1-5,10H,8H2. The van der Waals surface area contributed by atoms with Gasteiger partial charge < -0.3 is 10.8 Å². The van der Waals surface area contributed by atoms with Crippen molar-refractivity contribution in [2.75, 3.05) is 0 Å². The molecule has 0 unspecified atom stereocenters. The highest BCUT2D eigenvalue weighted by Crippen LogP contribution is 2.03. The molecule has 1 heterocycles. The van der Waals surface area contributed by atoms with Crippen molar-refractivity contribution >= 4 is 5.76 Å². The van der Waals surface area contributed by atoms with Gasteiger partial charge in [0.15, 0.2) is 5.76 Å². The Labute approximate surface area is 58.8 Å². The summed E-state index contributed by atoms with van der Waals surface area (Å²) in [6, 6.07) is 5.23. The van der Waals surface area contributed by atoms with Crippen molar-refractivity contribution in [1.82, 2.24) is 4.98 Å². The quantitative estimate of drug-likeness (QED) is 0.564. The third-order valence-electron chi connectivity index (χ3n) is 1.09. The third-order valence-corrected chi connectivity index (χ3v) is 1.09. The second kappa shape index (κ2) is 2.87. The van der Waals surface area contributed by atoms with Crippen molar-refractivity contribution in [3.05, 3.63) is 36.3 Å². The second-order valence-corrected chi connectivity index (χ2v) is 1.77. The molecule has 0 saturated heterocycles. The molecule has 0 aliphatic carbocycles. The van der Waals surface area contributed by atoms with E-state index >= 15 is 0 Å². The summed E-state index contributed by atoms with van der Waals surface area (Å²) < 4.78 is 0. The lowest BCUT2D eigenvalue weighted by Gasteiger charge is -1.94. The van der Waals surface area contributed by atoms with E-state index in [1.165, 1.54) is 0 Å². The van der Waals surface area contributed by atoms with E-state index in [2.05, 4.69) is 4.98 Å². The van der Waals surface area contributed by atoms with Crippen LogP contribution in [0.25, 0.3) is 5.76 Å². The number of aliphatic hydroxyl groups is 1. The average Bonchev–Trinajstić information content (AvgIpc) is 2.05. The van der Waals surface area contributed by atoms with Gasteiger partial charge in [-0.2, -0.15) is 0 Å². The fraction of sp³-hybridized carbons (Fsp3) is 0. The number of nitrogens with zero attached hydrogens (tertiary/aromatic N) is 1. The van der Waals surface area contributed by atoms with Crippen LogP contribution < -0.4 is 5.73 Å². The Balaban J connectivity index is 2.96. The summed E-state index contributed by atoms with van der Waals surface area (Å²) in [7, 11) is 0. The molecule has 3 N–H and O–H groups in total. The van der Waals surface area contributed by atoms with Crippen LogP contribution in [0.4, 0.5) is 0 Å². The molecule has 0 radical (unpaired) electrons. The maximum absolute atomic E-state index is 9.00. The molecule has 0 aliphatic heterocycles. The molecular formula is C7H8N2O. The number of rotatable bonds is 1. The van der Waals surface area contributed by atoms with E-state index < -0.39 is 0 Å². The monoisotopic (exact) mass is 136 g/mol. The topological polar surface area (TPSA) is 59.1 Å². The van der Waals surface area contributed by atoms with E-state index in [0.717, 1.165) is 6.20 Å². The molecule has 0 amide bonds. The van der Waals surface area contributed by atoms with Crippen LogP contribution in [0.15, 0.2) is 30.6 Å². The fourth-order valence-corrected chi connectivity index (χ4v) is 0.600. The molecule has 0 saturated carbocycles. The number of nitrogens with two attached hydrogens (primary N) is 1. The highest BCUT2D eigenvalue weighted by Gasteiger charge is 1.94. The number of hydrogen-bond acceptors (Lipinski definition) is 3. The molecule has 3 heteroatoms. The van der Waals surface area contributed by atoms with Crippen LogP contribution in [0.3, 0.4) is 0 Å². The van der Waals surface area contributed by atoms with Gasteiger partial charge in [-0.05, 0) is 12.1 Å². The van der Waals surface area contributed by atoms with Crippen molar-refractivity contribution < 1.29 is 5.11 Å². The van der Waals surface area contributed by atoms with Crippen molar-refractivity contribution in [3.63, 3.8) is 0 Å². The largest absolute Gasteiger partial charge is 0.504 e. The van der Waals surface area contributed by atoms with Gasteiger partial charge in [0, 0.05) is 12.4 Å². The SMILES string of the molecule is NC=C(O)c1ccccn1. The summed E-state index contributed by atoms with van der Waals surface area (Å²) >= 11 is 0. The predicted molar refractivity (Wildman–Crippen MR) is 39.0 cm³/mol. The Morgan fingerprint density at radius 3 is 2.90 bits per heavy atom. The first-order chi connectivity index (χ1) is 4.84. The van der Waals surface area contributed by atoms with E-state index in [1.54, 1.807) is 24.4 Å². The smallest absolute Gasteiger partial charge is 0.156 e. The van der Waals surface area contributed by atoms with Gasteiger partial charge in [0.2, 0.25) is 0 Å². The maximum Gasteiger partial charge on any atom is 0.156 e. The average molecular weight is 136 g/mol. The van der Waals surface area contributed by atoms with Gasteiger partial charge in [0.25, 0.3) is 0 Å². The Hall–Kier alpha value is -1.51. The summed E-state index contributed by atoms with van der Waals surface area (Å²) in [5.41, 5.74) is 5.54. The lowest BCUT2D eigenvalue weighted by atomic mass is 10.3. The first-order valence-corrected chi connectivity index (χ1v) is 2.87. The van der Waals surface area contributed by atoms with Crippen LogP contribution >= 0.6 is 0 Å². The highest BCUT2D eigenvalue weighted by atomic mass is 16.3. The molecule has 0 atom stereocenters. The Kier molecular flexibility index (Phi) is 1.89. The Bertz CT molecular complexity index is 231. The van der Waals surface area contributed by atoms with Gasteiger partial charge in [-0.1, -0.05) is 6.07 Å². The van der Waals surface area contributed by atoms with E-state index in [-0.39, 0.29) is 5.76 Å². The molecule has 10 heavy (non-hydrogen) atoms. The van der Waals surface area contributed by atoms with Crippen molar-refractivity contribution in [2.24, 2.45) is 5.73 Å². The maximum atomic E-state index is 9.00. The summed E-state index contributed by atoms with van der Waals surface area (Å²) in [4.78, 5) is 3.85. The molecule has 1 rings (SSSR count). The number of hydrogen-bond donors (Lipinski definition) is 2. The summed E-state index contributed by atoms with van der Waals surface area (Å²) in [5, 5.41) is 9.00. The first-order valence-electron chi connectivity index (χ1n) is 2.87. The Morgan fingerprint density at radius 1 is 1.60 bits per heavy atom. The Morgan fingerprint density at radius 2 is 2.40 bits per heavy atom. The zero-order chi connectivity index (χ0) is 7.40. The van der Waals surface area contributed by atoms with Crippen molar-refractivity contribution in [2.45, 2.75) is 0 Å². The molecule has 0 spiro atoms.